The number of benzene rings is 11. The molecule has 11 aromatic carbocycles. The van der Waals surface area contributed by atoms with E-state index >= 15 is 0 Å². The number of fused-ring (bicyclic) bond motifs is 7. The van der Waals surface area contributed by atoms with E-state index in [4.69, 9.17) is 4.42 Å². The van der Waals surface area contributed by atoms with E-state index in [1.165, 1.54) is 54.6 Å². The second-order valence-electron chi connectivity index (χ2n) is 16.0. The molecule has 0 saturated heterocycles. The lowest BCUT2D eigenvalue weighted by molar-refractivity contribution is 0.670. The van der Waals surface area contributed by atoms with Gasteiger partial charge in [-0.25, -0.2) is 0 Å². The molecule has 1 heterocycles. The molecule has 0 unspecified atom stereocenters. The van der Waals surface area contributed by atoms with Gasteiger partial charge in [-0.15, -0.1) is 0 Å². The van der Waals surface area contributed by atoms with Gasteiger partial charge in [-0.2, -0.15) is 0 Å². The van der Waals surface area contributed by atoms with Gasteiger partial charge >= 0.3 is 0 Å². The van der Waals surface area contributed by atoms with Gasteiger partial charge in [-0.3, -0.25) is 0 Å². The summed E-state index contributed by atoms with van der Waals surface area (Å²) in [6.07, 6.45) is 0. The Hall–Kier alpha value is -8.20. The van der Waals surface area contributed by atoms with E-state index in [0.717, 1.165) is 61.3 Å². The molecule has 0 N–H and O–H groups in total. The van der Waals surface area contributed by atoms with E-state index in [0.29, 0.717) is 0 Å². The Kier molecular flexibility index (Phi) is 8.53. The van der Waals surface area contributed by atoms with Crippen LogP contribution in [-0.2, 0) is 0 Å². The van der Waals surface area contributed by atoms with Crippen molar-refractivity contribution < 1.29 is 4.42 Å². The van der Waals surface area contributed by atoms with E-state index < -0.39 is 0 Å². The molecule has 0 bridgehead atoms. The number of para-hydroxylation sites is 2. The molecule has 12 aromatic rings. The van der Waals surface area contributed by atoms with Gasteiger partial charge in [0.05, 0.1) is 0 Å². The van der Waals surface area contributed by atoms with Crippen molar-refractivity contribution in [3.8, 4) is 44.5 Å². The van der Waals surface area contributed by atoms with Gasteiger partial charge in [-0.05, 0) is 120 Å². The highest BCUT2D eigenvalue weighted by molar-refractivity contribution is 6.22. The molecule has 0 radical (unpaired) electrons. The minimum atomic E-state index is 0.898. The fourth-order valence-corrected chi connectivity index (χ4v) is 9.55. The first-order valence-corrected chi connectivity index (χ1v) is 21.2. The lowest BCUT2D eigenvalue weighted by Crippen LogP contribution is -2.10. The summed E-state index contributed by atoms with van der Waals surface area (Å²) in [5.41, 5.74) is 14.4. The van der Waals surface area contributed by atoms with Gasteiger partial charge in [0, 0.05) is 33.4 Å². The van der Waals surface area contributed by atoms with Gasteiger partial charge < -0.3 is 9.32 Å². The van der Waals surface area contributed by atoms with Crippen molar-refractivity contribution >= 4 is 71.3 Å². The SMILES string of the molecule is c1ccc(-c2c(-c3ccccc3)c3cc(-c4cccc(N(c5cccc(-c6cccc7c6oc6ccccc67)c5)c5ccc6ccccc6c5)c4)ccc3c3ccccc23)cc1. The van der Waals surface area contributed by atoms with Crippen LogP contribution >= 0.6 is 0 Å². The third-order valence-corrected chi connectivity index (χ3v) is 12.4. The van der Waals surface area contributed by atoms with E-state index in [9.17, 15) is 0 Å². The van der Waals surface area contributed by atoms with Crippen LogP contribution in [0.4, 0.5) is 17.1 Å². The first-order valence-electron chi connectivity index (χ1n) is 21.2. The van der Waals surface area contributed by atoms with E-state index in [2.05, 4.69) is 229 Å². The molecule has 0 aliphatic carbocycles. The molecule has 0 fully saturated rings. The van der Waals surface area contributed by atoms with Crippen molar-refractivity contribution in [1.29, 1.82) is 0 Å². The molecule has 2 heteroatoms. The van der Waals surface area contributed by atoms with Crippen molar-refractivity contribution in [3.05, 3.63) is 237 Å². The maximum absolute atomic E-state index is 6.53. The van der Waals surface area contributed by atoms with E-state index in [1.807, 2.05) is 12.1 Å². The third-order valence-electron chi connectivity index (χ3n) is 12.4. The summed E-state index contributed by atoms with van der Waals surface area (Å²) in [6.45, 7) is 0. The summed E-state index contributed by atoms with van der Waals surface area (Å²) >= 11 is 0. The van der Waals surface area contributed by atoms with Crippen LogP contribution in [0.2, 0.25) is 0 Å². The third kappa shape index (κ3) is 6.04. The summed E-state index contributed by atoms with van der Waals surface area (Å²) in [7, 11) is 0. The van der Waals surface area contributed by atoms with Crippen LogP contribution in [0.1, 0.15) is 0 Å². The highest BCUT2D eigenvalue weighted by atomic mass is 16.3. The van der Waals surface area contributed by atoms with E-state index in [-0.39, 0.29) is 0 Å². The van der Waals surface area contributed by atoms with Gasteiger partial charge in [-0.1, -0.05) is 188 Å². The predicted molar refractivity (Wildman–Crippen MR) is 263 cm³/mol. The lowest BCUT2D eigenvalue weighted by atomic mass is 9.84. The fourth-order valence-electron chi connectivity index (χ4n) is 9.55. The highest BCUT2D eigenvalue weighted by Crippen LogP contribution is 2.46. The van der Waals surface area contributed by atoms with Crippen LogP contribution in [0.5, 0.6) is 0 Å². The van der Waals surface area contributed by atoms with Gasteiger partial charge in [0.2, 0.25) is 0 Å². The molecule has 0 aliphatic heterocycles. The van der Waals surface area contributed by atoms with Crippen LogP contribution in [-0.4, -0.2) is 0 Å². The normalized spacial score (nSPS) is 11.5. The average molecular weight is 790 g/mol. The molecule has 0 spiro atoms. The van der Waals surface area contributed by atoms with Gasteiger partial charge in [0.25, 0.3) is 0 Å². The number of furan rings is 1. The van der Waals surface area contributed by atoms with Crippen LogP contribution in [0.15, 0.2) is 241 Å². The Morgan fingerprint density at radius 2 is 0.806 bits per heavy atom. The smallest absolute Gasteiger partial charge is 0.143 e. The average Bonchev–Trinajstić information content (AvgIpc) is 3.73. The van der Waals surface area contributed by atoms with Gasteiger partial charge in [0.15, 0.2) is 0 Å². The van der Waals surface area contributed by atoms with Gasteiger partial charge in [0.1, 0.15) is 11.2 Å². The Morgan fingerprint density at radius 3 is 1.58 bits per heavy atom. The van der Waals surface area contributed by atoms with Crippen molar-refractivity contribution in [2.45, 2.75) is 0 Å². The summed E-state index contributed by atoms with van der Waals surface area (Å²) < 4.78 is 6.53. The second kappa shape index (κ2) is 14.8. The monoisotopic (exact) mass is 789 g/mol. The Morgan fingerprint density at radius 1 is 0.274 bits per heavy atom. The van der Waals surface area contributed by atoms with Crippen LogP contribution in [0.3, 0.4) is 0 Å². The van der Waals surface area contributed by atoms with Crippen molar-refractivity contribution in [2.75, 3.05) is 4.90 Å². The van der Waals surface area contributed by atoms with Crippen molar-refractivity contribution in [3.63, 3.8) is 0 Å². The zero-order valence-corrected chi connectivity index (χ0v) is 33.9. The first kappa shape index (κ1) is 35.7. The maximum atomic E-state index is 6.53. The van der Waals surface area contributed by atoms with Crippen LogP contribution < -0.4 is 4.90 Å². The second-order valence-corrected chi connectivity index (χ2v) is 16.0. The zero-order chi connectivity index (χ0) is 41.0. The topological polar surface area (TPSA) is 16.4 Å². The molecule has 0 aliphatic rings. The fraction of sp³-hybridized carbons (Fsp3) is 0. The molecule has 0 saturated carbocycles. The number of hydrogen-bond donors (Lipinski definition) is 0. The van der Waals surface area contributed by atoms with Crippen LogP contribution in [0, 0.1) is 0 Å². The minimum Gasteiger partial charge on any atom is -0.455 e. The number of rotatable bonds is 7. The summed E-state index contributed by atoms with van der Waals surface area (Å²) in [4.78, 5) is 2.38. The Balaban J connectivity index is 1.05. The first-order chi connectivity index (χ1) is 30.7. The molecule has 1 aromatic heterocycles. The predicted octanol–water partition coefficient (Wildman–Crippen LogP) is 17.2. The molecule has 12 rings (SSSR count). The standard InChI is InChI=1S/C60H39NO/c1-3-17-41(18-4-1)58-54-28-10-9-26-51(54)52-35-33-45(39-56(52)59(58)42-19-5-2-6-20-42)44-22-13-24-47(37-44)61(49-34-32-40-16-7-8-21-43(40)36-49)48-25-14-23-46(38-48)50-29-15-30-55-53-27-11-12-31-57(53)62-60(50)55/h1-39H. The highest BCUT2D eigenvalue weighted by Gasteiger charge is 2.20. The Labute approximate surface area is 360 Å². The Bertz CT molecular complexity index is 3640. The molecular weight excluding hydrogens is 751 g/mol. The number of hydrogen-bond acceptors (Lipinski definition) is 2. The molecule has 2 nitrogen and oxygen atoms in total. The summed E-state index contributed by atoms with van der Waals surface area (Å²) in [5, 5.41) is 9.64. The molecule has 62 heavy (non-hydrogen) atoms. The van der Waals surface area contributed by atoms with E-state index in [1.54, 1.807) is 0 Å². The molecular formula is C60H39NO. The quantitative estimate of drug-likeness (QED) is 0.150. The summed E-state index contributed by atoms with van der Waals surface area (Å²) in [5.74, 6) is 0. The molecule has 0 amide bonds. The molecule has 290 valence electrons. The largest absolute Gasteiger partial charge is 0.455 e. The number of nitrogens with zero attached hydrogens (tertiary/aromatic N) is 1. The minimum absolute atomic E-state index is 0.898. The van der Waals surface area contributed by atoms with Crippen molar-refractivity contribution in [1.82, 2.24) is 0 Å². The lowest BCUT2D eigenvalue weighted by Gasteiger charge is -2.27. The molecule has 0 atom stereocenters. The van der Waals surface area contributed by atoms with Crippen molar-refractivity contribution in [2.24, 2.45) is 0 Å². The number of anilines is 3. The maximum Gasteiger partial charge on any atom is 0.143 e. The summed E-state index contributed by atoms with van der Waals surface area (Å²) in [6, 6.07) is 85.5. The zero-order valence-electron chi connectivity index (χ0n) is 33.9. The van der Waals surface area contributed by atoms with Crippen LogP contribution in [0.25, 0.3) is 98.8 Å².